The topological polar surface area (TPSA) is 542 Å². The zero-order chi connectivity index (χ0) is 81.6. The number of aliphatic hydroxyl groups is 2. The Labute approximate surface area is 644 Å². The van der Waals surface area contributed by atoms with Crippen LogP contribution in [-0.2, 0) is 99.2 Å². The number of carbonyl (C=O) groups is 14. The number of methoxy groups -OCH3 is 1. The lowest BCUT2D eigenvalue weighted by Gasteiger charge is -2.34. The molecule has 1 heterocycles. The molecule has 0 aliphatic heterocycles. The van der Waals surface area contributed by atoms with Crippen molar-refractivity contribution in [3.8, 4) is 16.9 Å². The Morgan fingerprint density at radius 2 is 1.22 bits per heavy atom. The minimum Gasteiger partial charge on any atom is -0.497 e. The van der Waals surface area contributed by atoms with Gasteiger partial charge in [-0.1, -0.05) is 85.8 Å². The number of carbonyl (C=O) groups excluding carboxylic acids is 12. The molecule has 0 saturated heterocycles. The number of aliphatic hydroxyl groups excluding tert-OH is 2. The fraction of sp³-hybridized carbons (Fsp3) is 0.438. The summed E-state index contributed by atoms with van der Waals surface area (Å²) in [6.07, 6.45) is -1.08. The Bertz CT molecular complexity index is 4050. The summed E-state index contributed by atoms with van der Waals surface area (Å²) in [6.45, 7) is 4.43. The molecule has 0 bridgehead atoms. The molecule has 596 valence electrons. The molecule has 5 aromatic rings. The molecule has 0 fully saturated rings. The van der Waals surface area contributed by atoms with E-state index in [0.717, 1.165) is 42.2 Å². The van der Waals surface area contributed by atoms with Crippen LogP contribution in [0.25, 0.3) is 11.1 Å². The number of amides is 12. The van der Waals surface area contributed by atoms with Crippen LogP contribution in [0, 0.1) is 5.82 Å². The molecule has 0 spiro atoms. The number of nitrogens with zero attached hydrogens (tertiary/aromatic N) is 1. The van der Waals surface area contributed by atoms with Gasteiger partial charge in [-0.25, -0.2) is 9.37 Å². The Morgan fingerprint density at radius 3 is 1.81 bits per heavy atom. The average Bonchev–Trinajstić information content (AvgIpc) is 0.823. The first-order valence-electron chi connectivity index (χ1n) is 34.9. The summed E-state index contributed by atoms with van der Waals surface area (Å²) in [5, 5.41) is 67.2. The number of H-pyrrole nitrogens is 1. The van der Waals surface area contributed by atoms with Crippen LogP contribution >= 0.6 is 25.3 Å². The van der Waals surface area contributed by atoms with E-state index in [9.17, 15) is 87.5 Å². The smallest absolute Gasteiger partial charge is 0.305 e. The monoisotopic (exact) mass is 1570 g/mol. The number of halogens is 1. The van der Waals surface area contributed by atoms with Gasteiger partial charge in [-0.15, -0.1) is 0 Å². The fourth-order valence-electron chi connectivity index (χ4n) is 11.2. The van der Waals surface area contributed by atoms with Crippen molar-refractivity contribution in [2.45, 2.75) is 170 Å². The number of aryl methyl sites for hydroxylation is 2. The molecule has 12 amide bonds. The van der Waals surface area contributed by atoms with Crippen LogP contribution < -0.4 is 74.7 Å². The number of aliphatic carboxylic acids is 2. The van der Waals surface area contributed by atoms with E-state index in [0.29, 0.717) is 36.3 Å². The van der Waals surface area contributed by atoms with E-state index in [1.54, 1.807) is 30.3 Å². The summed E-state index contributed by atoms with van der Waals surface area (Å²) in [6, 6.07) is 11.5. The maximum atomic E-state index is 15.5. The molecule has 110 heavy (non-hydrogen) atoms. The van der Waals surface area contributed by atoms with Gasteiger partial charge in [0.15, 0.2) is 0 Å². The molecule has 0 radical (unpaired) electrons. The molecular weight excluding hydrogens is 1470 g/mol. The number of primary amides is 1. The highest BCUT2D eigenvalue weighted by Gasteiger charge is 2.42. The number of aromatic amines is 1. The molecular formula is C73H96FN15O19S2. The number of nitrogens with two attached hydrogens (primary N) is 2. The summed E-state index contributed by atoms with van der Waals surface area (Å²) in [7, 11) is 1.54. The predicted molar refractivity (Wildman–Crippen MR) is 403 cm³/mol. The third-order valence-corrected chi connectivity index (χ3v) is 18.2. The first kappa shape index (κ1) is 89.6. The van der Waals surface area contributed by atoms with Crippen LogP contribution in [0.4, 0.5) is 4.39 Å². The van der Waals surface area contributed by atoms with Gasteiger partial charge >= 0.3 is 11.9 Å². The standard InChI is InChI=1S/C73H96FN15O19S2/c1-7-42-29-46(108-6)24-25-47(42)43-22-20-41(21-23-43)28-52(65(101)81-50(64(100)85-55(36-109)61(76)97)19-13-16-40-14-9-8-10-15-40)82-66(102)53(31-59(95)96)83-67(103)54(35-90)84-69(105)60(39(2)91)87-71(107)73(5,32-44-17-11-12-18-48(44)74)89-68(104)56(37-110)80-57(92)34-78-63(99)51(26-27-58(93)94)86-70(106)72(3,4)88-62(98)49(75)30-45-33-77-38-79-45/h8-12,14-15,17-18,20-25,29,33,38-39,49-56,60,90-91,109-110H,7,13,16,19,26-28,30-32,34-37,75H2,1-6H3,(H2,76,97)(H,77,79)(H,78,99)(H,80,92)(H,81,101)(H,82,102)(H,83,103)(H,84,105)(H,85,100)(H,86,106)(H,87,107)(H,88,98)(H,89,104)(H,93,94)(H,95,96)/t39-,49+,50+,51+,52+,53+,54+,55-,56+,60+,73+/m1/s1. The average molecular weight is 1570 g/mol. The maximum Gasteiger partial charge on any atom is 0.305 e. The molecule has 5 rings (SSSR count). The number of aromatic nitrogens is 2. The number of thiol groups is 2. The number of nitrogens with one attached hydrogen (secondary N) is 12. The third kappa shape index (κ3) is 27.9. The summed E-state index contributed by atoms with van der Waals surface area (Å²) in [5.41, 5.74) is 11.7. The molecule has 4 aromatic carbocycles. The van der Waals surface area contributed by atoms with Crippen LogP contribution in [0.1, 0.15) is 94.7 Å². The highest BCUT2D eigenvalue weighted by molar-refractivity contribution is 7.80. The SMILES string of the molecule is CCc1cc(OC)ccc1-c1ccc(C[C@H](NC(=O)[C@H](CC(=O)O)NC(=O)[C@H](CO)NC(=O)[C@@H](NC(=O)[C@](C)(Cc2ccccc2F)NC(=O)[C@H](CS)NC(=O)CNC(=O)[C@H](CCC(=O)O)NC(=O)C(C)(C)NC(=O)[C@@H](N)Cc2cnc[nH]2)[C@@H](C)O)C(=O)N[C@@H](CCCc2ccccc2)C(=O)N[C@H](CS)C(N)=O)cc1. The van der Waals surface area contributed by atoms with Crippen molar-refractivity contribution in [2.24, 2.45) is 11.5 Å². The highest BCUT2D eigenvalue weighted by Crippen LogP contribution is 2.29. The van der Waals surface area contributed by atoms with Crippen molar-refractivity contribution >= 4 is 108 Å². The predicted octanol–water partition coefficient (Wildman–Crippen LogP) is -2.01. The number of ether oxygens (including phenoxy) is 1. The second-order valence-corrected chi connectivity index (χ2v) is 27.3. The molecule has 0 unspecified atom stereocenters. The number of carboxylic acids is 2. The van der Waals surface area contributed by atoms with Gasteiger partial charge in [0.1, 0.15) is 71.0 Å². The molecule has 0 saturated carbocycles. The van der Waals surface area contributed by atoms with E-state index in [1.807, 2.05) is 49.4 Å². The summed E-state index contributed by atoms with van der Waals surface area (Å²) < 4.78 is 20.9. The van der Waals surface area contributed by atoms with Crippen molar-refractivity contribution < 1.29 is 96.7 Å². The second-order valence-electron chi connectivity index (χ2n) is 26.6. The Morgan fingerprint density at radius 1 is 0.618 bits per heavy atom. The quantitative estimate of drug-likeness (QED) is 0.0187. The van der Waals surface area contributed by atoms with Gasteiger partial charge in [0.25, 0.3) is 0 Å². The molecule has 37 heteroatoms. The number of hydrogen-bond acceptors (Lipinski definition) is 21. The maximum absolute atomic E-state index is 15.5. The zero-order valence-electron chi connectivity index (χ0n) is 61.4. The lowest BCUT2D eigenvalue weighted by molar-refractivity contribution is -0.142. The summed E-state index contributed by atoms with van der Waals surface area (Å²) in [5.74, 6) is -17.2. The van der Waals surface area contributed by atoms with Gasteiger partial charge in [-0.3, -0.25) is 67.1 Å². The third-order valence-electron chi connectivity index (χ3n) is 17.4. The molecule has 34 nitrogen and oxygen atoms in total. The molecule has 20 N–H and O–H groups in total. The van der Waals surface area contributed by atoms with Gasteiger partial charge in [0.05, 0.1) is 45.2 Å². The van der Waals surface area contributed by atoms with E-state index in [4.69, 9.17) is 16.2 Å². The molecule has 0 aliphatic carbocycles. The number of hydrogen-bond donors (Lipinski definition) is 20. The van der Waals surface area contributed by atoms with Gasteiger partial charge in [-0.2, -0.15) is 25.3 Å². The van der Waals surface area contributed by atoms with E-state index in [1.165, 1.54) is 51.7 Å². The molecule has 11 atom stereocenters. The molecule has 1 aromatic heterocycles. The number of benzene rings is 4. The van der Waals surface area contributed by atoms with Crippen LogP contribution in [0.2, 0.25) is 0 Å². The van der Waals surface area contributed by atoms with Crippen molar-refractivity contribution in [3.63, 3.8) is 0 Å². The van der Waals surface area contributed by atoms with Crippen molar-refractivity contribution in [3.05, 3.63) is 143 Å². The summed E-state index contributed by atoms with van der Waals surface area (Å²) in [4.78, 5) is 197. The van der Waals surface area contributed by atoms with Crippen molar-refractivity contribution in [2.75, 3.05) is 31.8 Å². The van der Waals surface area contributed by atoms with Crippen molar-refractivity contribution in [1.82, 2.24) is 68.5 Å². The second kappa shape index (κ2) is 43.2. The lowest BCUT2D eigenvalue weighted by Crippen LogP contribution is -2.66. The number of carboxylic acid groups (broad SMARTS) is 2. The zero-order valence-corrected chi connectivity index (χ0v) is 63.1. The first-order valence-corrected chi connectivity index (χ1v) is 36.2. The highest BCUT2D eigenvalue weighted by atomic mass is 32.1. The van der Waals surface area contributed by atoms with Crippen LogP contribution in [0.5, 0.6) is 5.75 Å². The first-order chi connectivity index (χ1) is 52.0. The van der Waals surface area contributed by atoms with Gasteiger partial charge in [0, 0.05) is 49.1 Å². The van der Waals surface area contributed by atoms with Crippen LogP contribution in [0.3, 0.4) is 0 Å². The van der Waals surface area contributed by atoms with Gasteiger partial charge < -0.3 is 100 Å². The minimum atomic E-state index is -2.35. The van der Waals surface area contributed by atoms with Crippen molar-refractivity contribution in [1.29, 1.82) is 0 Å². The summed E-state index contributed by atoms with van der Waals surface area (Å²) >= 11 is 8.31. The van der Waals surface area contributed by atoms with E-state index in [-0.39, 0.29) is 30.6 Å². The largest absolute Gasteiger partial charge is 0.497 e. The van der Waals surface area contributed by atoms with E-state index < -0.39 is 205 Å². The fourth-order valence-corrected chi connectivity index (χ4v) is 11.7. The lowest BCUT2D eigenvalue weighted by atomic mass is 9.90. The van der Waals surface area contributed by atoms with Gasteiger partial charge in [0.2, 0.25) is 70.9 Å². The molecule has 0 aliphatic rings. The normalized spacial score (nSPS) is 14.5. The van der Waals surface area contributed by atoms with Crippen LogP contribution in [0.15, 0.2) is 110 Å². The minimum absolute atomic E-state index is 0.0161. The van der Waals surface area contributed by atoms with Gasteiger partial charge in [-0.05, 0) is 111 Å². The van der Waals surface area contributed by atoms with E-state index >= 15 is 4.39 Å². The Balaban J connectivity index is 1.35. The number of imidazole rings is 1. The van der Waals surface area contributed by atoms with E-state index in [2.05, 4.69) is 93.7 Å². The Hall–Kier alpha value is -11.0. The Kier molecular flexibility index (Phi) is 35.2. The number of rotatable bonds is 45. The van der Waals surface area contributed by atoms with Crippen LogP contribution in [-0.4, -0.2) is 217 Å².